The molecule has 0 unspecified atom stereocenters. The summed E-state index contributed by atoms with van der Waals surface area (Å²) in [5.74, 6) is 0.727. The summed E-state index contributed by atoms with van der Waals surface area (Å²) in [7, 11) is 0. The summed E-state index contributed by atoms with van der Waals surface area (Å²) in [5, 5.41) is 0.454. The fourth-order valence-corrected chi connectivity index (χ4v) is 1.39. The van der Waals surface area contributed by atoms with Gasteiger partial charge in [-0.05, 0) is 30.3 Å². The van der Waals surface area contributed by atoms with Gasteiger partial charge in [0.15, 0.2) is 6.29 Å². The molecule has 0 aliphatic rings. The van der Waals surface area contributed by atoms with Crippen molar-refractivity contribution < 1.29 is 9.21 Å². The molecule has 2 aromatic rings. The standard InChI is InChI=1S/C11H7ClO2/c12-10-4-3-8(6-9(10)7-13)11-2-1-5-14-11/h1-7H. The topological polar surface area (TPSA) is 30.2 Å². The van der Waals surface area contributed by atoms with Crippen LogP contribution in [0.4, 0.5) is 0 Å². The molecule has 1 heterocycles. The lowest BCUT2D eigenvalue weighted by Gasteiger charge is -1.99. The molecule has 0 aliphatic heterocycles. The van der Waals surface area contributed by atoms with Crippen LogP contribution in [-0.2, 0) is 0 Å². The molecule has 70 valence electrons. The summed E-state index contributed by atoms with van der Waals surface area (Å²) in [6.07, 6.45) is 2.32. The summed E-state index contributed by atoms with van der Waals surface area (Å²) in [5.41, 5.74) is 1.32. The summed E-state index contributed by atoms with van der Waals surface area (Å²) in [6.45, 7) is 0. The van der Waals surface area contributed by atoms with E-state index in [0.717, 1.165) is 17.6 Å². The number of furan rings is 1. The molecule has 1 aromatic heterocycles. The van der Waals surface area contributed by atoms with Crippen LogP contribution in [0.15, 0.2) is 41.0 Å². The number of hydrogen-bond donors (Lipinski definition) is 0. The lowest BCUT2D eigenvalue weighted by Crippen LogP contribution is -1.83. The van der Waals surface area contributed by atoms with Crippen molar-refractivity contribution in [3.8, 4) is 11.3 Å². The van der Waals surface area contributed by atoms with Crippen molar-refractivity contribution in [1.29, 1.82) is 0 Å². The molecule has 0 bridgehead atoms. The van der Waals surface area contributed by atoms with Crippen molar-refractivity contribution in [2.75, 3.05) is 0 Å². The van der Waals surface area contributed by atoms with Gasteiger partial charge in [-0.1, -0.05) is 11.6 Å². The minimum atomic E-state index is 0.454. The maximum Gasteiger partial charge on any atom is 0.151 e. The maximum absolute atomic E-state index is 10.6. The molecule has 0 radical (unpaired) electrons. The summed E-state index contributed by atoms with van der Waals surface area (Å²) >= 11 is 5.80. The Hall–Kier alpha value is -1.54. The Kier molecular flexibility index (Phi) is 2.37. The number of halogens is 1. The number of rotatable bonds is 2. The van der Waals surface area contributed by atoms with E-state index in [1.165, 1.54) is 0 Å². The van der Waals surface area contributed by atoms with E-state index < -0.39 is 0 Å². The largest absolute Gasteiger partial charge is 0.464 e. The van der Waals surface area contributed by atoms with Crippen LogP contribution in [0.5, 0.6) is 0 Å². The fraction of sp³-hybridized carbons (Fsp3) is 0. The Bertz CT molecular complexity index is 446. The molecule has 0 spiro atoms. The molecular weight excluding hydrogens is 200 g/mol. The van der Waals surface area contributed by atoms with Crippen LogP contribution in [-0.4, -0.2) is 6.29 Å². The van der Waals surface area contributed by atoms with Gasteiger partial charge in [0.25, 0.3) is 0 Å². The highest BCUT2D eigenvalue weighted by Crippen LogP contribution is 2.24. The zero-order valence-electron chi connectivity index (χ0n) is 7.24. The van der Waals surface area contributed by atoms with E-state index in [1.807, 2.05) is 12.1 Å². The van der Waals surface area contributed by atoms with Crippen molar-refractivity contribution in [3.63, 3.8) is 0 Å². The van der Waals surface area contributed by atoms with E-state index in [2.05, 4.69) is 0 Å². The van der Waals surface area contributed by atoms with E-state index in [-0.39, 0.29) is 0 Å². The van der Waals surface area contributed by atoms with Gasteiger partial charge in [-0.3, -0.25) is 4.79 Å². The van der Waals surface area contributed by atoms with Crippen LogP contribution >= 0.6 is 11.6 Å². The van der Waals surface area contributed by atoms with Gasteiger partial charge in [0.05, 0.1) is 11.3 Å². The highest BCUT2D eigenvalue weighted by Gasteiger charge is 2.04. The number of hydrogen-bond acceptors (Lipinski definition) is 2. The predicted octanol–water partition coefficient (Wildman–Crippen LogP) is 3.41. The lowest BCUT2D eigenvalue weighted by molar-refractivity contribution is 0.112. The molecule has 0 fully saturated rings. The second-order valence-corrected chi connectivity index (χ2v) is 3.24. The summed E-state index contributed by atoms with van der Waals surface area (Å²) in [4.78, 5) is 10.6. The number of benzene rings is 1. The minimum absolute atomic E-state index is 0.454. The Balaban J connectivity index is 2.51. The average molecular weight is 207 g/mol. The first-order valence-electron chi connectivity index (χ1n) is 4.10. The van der Waals surface area contributed by atoms with E-state index in [1.54, 1.807) is 24.5 Å². The predicted molar refractivity (Wildman–Crippen MR) is 54.5 cm³/mol. The third-order valence-electron chi connectivity index (χ3n) is 1.93. The van der Waals surface area contributed by atoms with Gasteiger partial charge in [0.2, 0.25) is 0 Å². The van der Waals surface area contributed by atoms with E-state index in [4.69, 9.17) is 16.0 Å². The van der Waals surface area contributed by atoms with Crippen molar-refractivity contribution in [3.05, 3.63) is 47.2 Å². The molecule has 3 heteroatoms. The lowest BCUT2D eigenvalue weighted by atomic mass is 10.1. The van der Waals surface area contributed by atoms with Gasteiger partial charge < -0.3 is 4.42 Å². The Morgan fingerprint density at radius 3 is 2.79 bits per heavy atom. The fourth-order valence-electron chi connectivity index (χ4n) is 1.23. The second-order valence-electron chi connectivity index (χ2n) is 2.83. The second kappa shape index (κ2) is 3.68. The monoisotopic (exact) mass is 206 g/mol. The van der Waals surface area contributed by atoms with Gasteiger partial charge >= 0.3 is 0 Å². The maximum atomic E-state index is 10.6. The van der Waals surface area contributed by atoms with Gasteiger partial charge in [-0.15, -0.1) is 0 Å². The van der Waals surface area contributed by atoms with Crippen LogP contribution < -0.4 is 0 Å². The van der Waals surface area contributed by atoms with Gasteiger partial charge in [0.1, 0.15) is 5.76 Å². The van der Waals surface area contributed by atoms with Gasteiger partial charge in [-0.25, -0.2) is 0 Å². The highest BCUT2D eigenvalue weighted by molar-refractivity contribution is 6.33. The van der Waals surface area contributed by atoms with Crippen molar-refractivity contribution in [2.24, 2.45) is 0 Å². The van der Waals surface area contributed by atoms with Gasteiger partial charge in [0, 0.05) is 11.1 Å². The van der Waals surface area contributed by atoms with Gasteiger partial charge in [-0.2, -0.15) is 0 Å². The molecule has 0 saturated carbocycles. The Labute approximate surface area is 86.1 Å². The van der Waals surface area contributed by atoms with Crippen molar-refractivity contribution >= 4 is 17.9 Å². The number of carbonyl (C=O) groups is 1. The first-order valence-corrected chi connectivity index (χ1v) is 4.47. The van der Waals surface area contributed by atoms with E-state index in [0.29, 0.717) is 10.6 Å². The third-order valence-corrected chi connectivity index (χ3v) is 2.27. The SMILES string of the molecule is O=Cc1cc(-c2ccco2)ccc1Cl. The normalized spacial score (nSPS) is 10.1. The smallest absolute Gasteiger partial charge is 0.151 e. The first kappa shape index (κ1) is 9.03. The summed E-state index contributed by atoms with van der Waals surface area (Å²) in [6, 6.07) is 8.83. The third kappa shape index (κ3) is 1.56. The molecule has 0 amide bonds. The molecule has 0 aliphatic carbocycles. The van der Waals surface area contributed by atoms with Crippen LogP contribution in [0.3, 0.4) is 0 Å². The molecule has 0 N–H and O–H groups in total. The van der Waals surface area contributed by atoms with Crippen molar-refractivity contribution in [1.82, 2.24) is 0 Å². The van der Waals surface area contributed by atoms with Crippen LogP contribution in [0.2, 0.25) is 5.02 Å². The zero-order chi connectivity index (χ0) is 9.97. The van der Waals surface area contributed by atoms with Crippen LogP contribution in [0.1, 0.15) is 10.4 Å². The van der Waals surface area contributed by atoms with Crippen LogP contribution in [0, 0.1) is 0 Å². The Morgan fingerprint density at radius 2 is 2.14 bits per heavy atom. The molecule has 2 nitrogen and oxygen atoms in total. The Morgan fingerprint density at radius 1 is 1.29 bits per heavy atom. The quantitative estimate of drug-likeness (QED) is 0.705. The molecular formula is C11H7ClO2. The zero-order valence-corrected chi connectivity index (χ0v) is 7.99. The summed E-state index contributed by atoms with van der Waals surface area (Å²) < 4.78 is 5.20. The van der Waals surface area contributed by atoms with Crippen LogP contribution in [0.25, 0.3) is 11.3 Å². The number of aldehydes is 1. The first-order chi connectivity index (χ1) is 6.81. The van der Waals surface area contributed by atoms with E-state index in [9.17, 15) is 4.79 Å². The number of carbonyl (C=O) groups excluding carboxylic acids is 1. The average Bonchev–Trinajstić information content (AvgIpc) is 2.71. The molecule has 14 heavy (non-hydrogen) atoms. The molecule has 2 rings (SSSR count). The molecule has 0 saturated heterocycles. The highest BCUT2D eigenvalue weighted by atomic mass is 35.5. The molecule has 0 atom stereocenters. The minimum Gasteiger partial charge on any atom is -0.464 e. The molecule has 1 aromatic carbocycles. The van der Waals surface area contributed by atoms with E-state index >= 15 is 0 Å². The van der Waals surface area contributed by atoms with Crippen molar-refractivity contribution in [2.45, 2.75) is 0 Å².